The fourth-order valence-corrected chi connectivity index (χ4v) is 3.59. The van der Waals surface area contributed by atoms with Crippen LogP contribution in [0.5, 0.6) is 5.75 Å². The SMILES string of the molecule is O=C(C[NH2+][C@@H](c1ccccc1)c1cccs1)Nc1ccccc1OC(F)F. The molecule has 1 heterocycles. The van der Waals surface area contributed by atoms with E-state index in [4.69, 9.17) is 0 Å². The fourth-order valence-electron chi connectivity index (χ4n) is 2.74. The van der Waals surface area contributed by atoms with Gasteiger partial charge in [-0.2, -0.15) is 8.78 Å². The molecule has 3 aromatic rings. The molecule has 0 unspecified atom stereocenters. The van der Waals surface area contributed by atoms with Crippen LogP contribution < -0.4 is 15.4 Å². The number of hydrogen-bond acceptors (Lipinski definition) is 3. The van der Waals surface area contributed by atoms with E-state index in [0.29, 0.717) is 0 Å². The first-order valence-electron chi connectivity index (χ1n) is 8.39. The maximum atomic E-state index is 12.5. The lowest BCUT2D eigenvalue weighted by atomic mass is 10.1. The van der Waals surface area contributed by atoms with Crippen LogP contribution in [0.4, 0.5) is 14.5 Å². The van der Waals surface area contributed by atoms with E-state index in [1.807, 2.05) is 53.2 Å². The van der Waals surface area contributed by atoms with Crippen LogP contribution in [0.25, 0.3) is 0 Å². The van der Waals surface area contributed by atoms with Crippen molar-refractivity contribution in [1.29, 1.82) is 0 Å². The highest BCUT2D eigenvalue weighted by molar-refractivity contribution is 7.10. The van der Waals surface area contributed by atoms with E-state index >= 15 is 0 Å². The van der Waals surface area contributed by atoms with Gasteiger partial charge in [0, 0.05) is 5.56 Å². The third-order valence-corrected chi connectivity index (χ3v) is 4.88. The number of ether oxygens (including phenoxy) is 1. The minimum atomic E-state index is -2.95. The lowest BCUT2D eigenvalue weighted by Gasteiger charge is -2.15. The molecule has 3 rings (SSSR count). The Morgan fingerprint density at radius 3 is 2.48 bits per heavy atom. The Morgan fingerprint density at radius 1 is 1.04 bits per heavy atom. The molecule has 0 bridgehead atoms. The number of carbonyl (C=O) groups excluding carboxylic acids is 1. The molecule has 0 fully saturated rings. The number of quaternary nitrogens is 1. The summed E-state index contributed by atoms with van der Waals surface area (Å²) >= 11 is 1.62. The van der Waals surface area contributed by atoms with Gasteiger partial charge in [0.2, 0.25) is 0 Å². The molecule has 1 amide bonds. The molecular formula is C20H19F2N2O2S+. The molecule has 0 aliphatic rings. The van der Waals surface area contributed by atoms with E-state index < -0.39 is 6.61 Å². The molecule has 1 aromatic heterocycles. The summed E-state index contributed by atoms with van der Waals surface area (Å²) in [4.78, 5) is 13.5. The molecule has 7 heteroatoms. The quantitative estimate of drug-likeness (QED) is 0.618. The highest BCUT2D eigenvalue weighted by atomic mass is 32.1. The molecule has 0 saturated carbocycles. The van der Waals surface area contributed by atoms with Crippen molar-refractivity contribution in [3.63, 3.8) is 0 Å². The van der Waals surface area contributed by atoms with Gasteiger partial charge in [0.1, 0.15) is 11.8 Å². The van der Waals surface area contributed by atoms with Gasteiger partial charge < -0.3 is 15.4 Å². The maximum Gasteiger partial charge on any atom is 0.387 e. The number of halogens is 2. The number of para-hydroxylation sites is 2. The number of alkyl halides is 2. The summed E-state index contributed by atoms with van der Waals surface area (Å²) in [6.07, 6.45) is 0. The minimum Gasteiger partial charge on any atom is -0.433 e. The average Bonchev–Trinajstić information content (AvgIpc) is 3.18. The van der Waals surface area contributed by atoms with Crippen molar-refractivity contribution in [2.75, 3.05) is 11.9 Å². The van der Waals surface area contributed by atoms with Crippen molar-refractivity contribution >= 4 is 22.9 Å². The molecule has 4 nitrogen and oxygen atoms in total. The van der Waals surface area contributed by atoms with Gasteiger partial charge in [-0.05, 0) is 23.6 Å². The third kappa shape index (κ3) is 5.35. The highest BCUT2D eigenvalue weighted by Gasteiger charge is 2.20. The first kappa shape index (κ1) is 19.0. The van der Waals surface area contributed by atoms with Crippen LogP contribution in [0.1, 0.15) is 16.5 Å². The summed E-state index contributed by atoms with van der Waals surface area (Å²) in [7, 11) is 0. The molecule has 140 valence electrons. The highest BCUT2D eigenvalue weighted by Crippen LogP contribution is 2.25. The van der Waals surface area contributed by atoms with Crippen molar-refractivity contribution in [2.24, 2.45) is 0 Å². The second kappa shape index (κ2) is 9.25. The molecule has 0 aliphatic heterocycles. The lowest BCUT2D eigenvalue weighted by Crippen LogP contribution is -2.87. The second-order valence-corrected chi connectivity index (χ2v) is 6.75. The Morgan fingerprint density at radius 2 is 1.78 bits per heavy atom. The number of carbonyl (C=O) groups is 1. The van der Waals surface area contributed by atoms with Crippen LogP contribution in [-0.4, -0.2) is 19.1 Å². The number of hydrogen-bond donors (Lipinski definition) is 2. The number of benzene rings is 2. The predicted molar refractivity (Wildman–Crippen MR) is 101 cm³/mol. The Kier molecular flexibility index (Phi) is 6.51. The molecule has 3 N–H and O–H groups in total. The Balaban J connectivity index is 1.67. The molecule has 0 aliphatic carbocycles. The normalized spacial score (nSPS) is 12.0. The van der Waals surface area contributed by atoms with Crippen molar-refractivity contribution in [1.82, 2.24) is 0 Å². The van der Waals surface area contributed by atoms with E-state index in [1.54, 1.807) is 23.5 Å². The maximum absolute atomic E-state index is 12.5. The van der Waals surface area contributed by atoms with Gasteiger partial charge in [-0.25, -0.2) is 0 Å². The van der Waals surface area contributed by atoms with E-state index in [9.17, 15) is 13.6 Å². The first-order chi connectivity index (χ1) is 13.1. The van der Waals surface area contributed by atoms with Crippen LogP contribution in [0, 0.1) is 0 Å². The van der Waals surface area contributed by atoms with Gasteiger partial charge in [-0.3, -0.25) is 4.79 Å². The zero-order valence-electron chi connectivity index (χ0n) is 14.3. The number of anilines is 1. The number of thiophene rings is 1. The van der Waals surface area contributed by atoms with Gasteiger partial charge in [-0.1, -0.05) is 48.5 Å². The van der Waals surface area contributed by atoms with E-state index in [1.165, 1.54) is 12.1 Å². The minimum absolute atomic E-state index is 0.00972. The molecule has 1 atom stereocenters. The number of nitrogens with two attached hydrogens (primary N) is 1. The summed E-state index contributed by atoms with van der Waals surface area (Å²) in [6, 6.07) is 20.0. The van der Waals surface area contributed by atoms with Crippen molar-refractivity contribution in [3.05, 3.63) is 82.6 Å². The van der Waals surface area contributed by atoms with Gasteiger partial charge in [0.15, 0.2) is 6.54 Å². The molecule has 0 radical (unpaired) electrons. The smallest absolute Gasteiger partial charge is 0.387 e. The number of amides is 1. The van der Waals surface area contributed by atoms with E-state index in [0.717, 1.165) is 10.4 Å². The number of rotatable bonds is 8. The van der Waals surface area contributed by atoms with Gasteiger partial charge >= 0.3 is 6.61 Å². The number of nitrogens with one attached hydrogen (secondary N) is 1. The second-order valence-electron chi connectivity index (χ2n) is 5.77. The third-order valence-electron chi connectivity index (χ3n) is 3.92. The summed E-state index contributed by atoms with van der Waals surface area (Å²) in [5.74, 6) is -0.350. The Labute approximate surface area is 159 Å². The molecular weight excluding hydrogens is 370 g/mol. The standard InChI is InChI=1S/C20H18F2N2O2S/c21-20(22)26-16-10-5-4-9-15(16)24-18(25)13-23-19(17-11-6-12-27-17)14-7-2-1-3-8-14/h1-12,19-20,23H,13H2,(H,24,25)/p+1/t19-/m0/s1. The van der Waals surface area contributed by atoms with Crippen LogP contribution in [0.2, 0.25) is 0 Å². The lowest BCUT2D eigenvalue weighted by molar-refractivity contribution is -0.675. The van der Waals surface area contributed by atoms with Crippen LogP contribution in [0.3, 0.4) is 0 Å². The largest absolute Gasteiger partial charge is 0.433 e. The summed E-state index contributed by atoms with van der Waals surface area (Å²) in [5, 5.41) is 6.56. The van der Waals surface area contributed by atoms with Crippen molar-refractivity contribution in [3.8, 4) is 5.75 Å². The van der Waals surface area contributed by atoms with E-state index in [-0.39, 0.29) is 29.9 Å². The predicted octanol–water partition coefficient (Wildman–Crippen LogP) is 3.64. The molecule has 0 saturated heterocycles. The Bertz CT molecular complexity index is 857. The Hall–Kier alpha value is -2.77. The van der Waals surface area contributed by atoms with Crippen LogP contribution in [-0.2, 0) is 4.79 Å². The summed E-state index contributed by atoms with van der Waals surface area (Å²) in [5.41, 5.74) is 1.32. The summed E-state index contributed by atoms with van der Waals surface area (Å²) in [6.45, 7) is -2.81. The monoisotopic (exact) mass is 389 g/mol. The zero-order valence-corrected chi connectivity index (χ0v) is 15.2. The van der Waals surface area contributed by atoms with Gasteiger partial charge in [0.05, 0.1) is 10.6 Å². The zero-order chi connectivity index (χ0) is 19.1. The van der Waals surface area contributed by atoms with Crippen LogP contribution >= 0.6 is 11.3 Å². The van der Waals surface area contributed by atoms with Gasteiger partial charge in [-0.15, -0.1) is 11.3 Å². The van der Waals surface area contributed by atoms with Crippen molar-refractivity contribution in [2.45, 2.75) is 12.7 Å². The van der Waals surface area contributed by atoms with E-state index in [2.05, 4.69) is 10.1 Å². The molecule has 0 spiro atoms. The van der Waals surface area contributed by atoms with Crippen molar-refractivity contribution < 1.29 is 23.6 Å². The summed E-state index contributed by atoms with van der Waals surface area (Å²) < 4.78 is 29.4. The first-order valence-corrected chi connectivity index (χ1v) is 9.27. The topological polar surface area (TPSA) is 54.9 Å². The van der Waals surface area contributed by atoms with Crippen LogP contribution in [0.15, 0.2) is 72.1 Å². The molecule has 2 aromatic carbocycles. The molecule has 27 heavy (non-hydrogen) atoms. The average molecular weight is 389 g/mol. The fraction of sp³-hybridized carbons (Fsp3) is 0.150. The van der Waals surface area contributed by atoms with Gasteiger partial charge in [0.25, 0.3) is 5.91 Å².